The van der Waals surface area contributed by atoms with Crippen LogP contribution in [-0.2, 0) is 0 Å². The van der Waals surface area contributed by atoms with Gasteiger partial charge in [-0.15, -0.1) is 0 Å². The van der Waals surface area contributed by atoms with Gasteiger partial charge in [-0.2, -0.15) is 0 Å². The molecule has 2 fully saturated rings. The van der Waals surface area contributed by atoms with Crippen LogP contribution in [0, 0.1) is 0 Å². The molecule has 2 aliphatic rings. The number of hydrogen-bond donors (Lipinski definition) is 0. The predicted molar refractivity (Wildman–Crippen MR) is 112 cm³/mol. The van der Waals surface area contributed by atoms with Gasteiger partial charge >= 0.3 is 0 Å². The molecule has 0 N–H and O–H groups in total. The second kappa shape index (κ2) is 7.59. The summed E-state index contributed by atoms with van der Waals surface area (Å²) in [6.45, 7) is 13.0. The van der Waals surface area contributed by atoms with Crippen molar-refractivity contribution in [3.05, 3.63) is 78.8 Å². The summed E-state index contributed by atoms with van der Waals surface area (Å²) >= 11 is 0. The summed E-state index contributed by atoms with van der Waals surface area (Å²) in [6, 6.07) is 15.5. The first-order valence-electron chi connectivity index (χ1n) is 10.1. The molecule has 0 radical (unpaired) electrons. The summed E-state index contributed by atoms with van der Waals surface area (Å²) < 4.78 is 0. The lowest BCUT2D eigenvalue weighted by Gasteiger charge is -2.45. The van der Waals surface area contributed by atoms with Crippen molar-refractivity contribution < 1.29 is 0 Å². The lowest BCUT2D eigenvalue weighted by Crippen LogP contribution is -2.46. The number of rotatable bonds is 4. The van der Waals surface area contributed by atoms with Crippen LogP contribution in [0.4, 0.5) is 0 Å². The van der Waals surface area contributed by atoms with Gasteiger partial charge in [0.1, 0.15) is 0 Å². The molecule has 0 spiro atoms. The normalized spacial score (nSPS) is 19.6. The second-order valence-electron chi connectivity index (χ2n) is 7.74. The summed E-state index contributed by atoms with van der Waals surface area (Å²) in [4.78, 5) is 9.57. The molecule has 3 heteroatoms. The highest BCUT2D eigenvalue weighted by Gasteiger charge is 2.31. The van der Waals surface area contributed by atoms with E-state index in [0.29, 0.717) is 6.04 Å². The van der Waals surface area contributed by atoms with Crippen molar-refractivity contribution in [3.63, 3.8) is 0 Å². The van der Waals surface area contributed by atoms with E-state index in [-0.39, 0.29) is 6.04 Å². The van der Waals surface area contributed by atoms with Crippen LogP contribution in [0.3, 0.4) is 0 Å². The van der Waals surface area contributed by atoms with Crippen molar-refractivity contribution in [1.82, 2.24) is 14.8 Å². The van der Waals surface area contributed by atoms with Crippen LogP contribution in [0.5, 0.6) is 0 Å². The molecule has 27 heavy (non-hydrogen) atoms. The van der Waals surface area contributed by atoms with Crippen LogP contribution in [0.25, 0.3) is 11.3 Å². The van der Waals surface area contributed by atoms with Crippen LogP contribution in [0.2, 0.25) is 0 Å². The van der Waals surface area contributed by atoms with E-state index in [9.17, 15) is 0 Å². The van der Waals surface area contributed by atoms with Gasteiger partial charge in [0.25, 0.3) is 0 Å². The summed E-state index contributed by atoms with van der Waals surface area (Å²) in [5.74, 6) is 0. The molecule has 1 saturated heterocycles. The fraction of sp³-hybridized carbons (Fsp3) is 0.375. The zero-order valence-corrected chi connectivity index (χ0v) is 16.3. The molecule has 0 amide bonds. The van der Waals surface area contributed by atoms with Gasteiger partial charge in [0.05, 0.1) is 23.1 Å². The van der Waals surface area contributed by atoms with Crippen molar-refractivity contribution >= 4 is 0 Å². The standard InChI is InChI=1S/C24H29N3/c1-18-19(2)27(23-11-7-8-12-23)16-15-26(18)20(3)22-13-14-24(25-17-22)21-9-5-4-6-10-21/h4-6,9-10,13-14,17,20,23H,1-2,7-8,11-12,15-16H2,3H3. The van der Waals surface area contributed by atoms with Crippen molar-refractivity contribution in [2.45, 2.75) is 44.7 Å². The average molecular weight is 360 g/mol. The molecule has 1 aliphatic carbocycles. The first-order chi connectivity index (χ1) is 13.1. The maximum atomic E-state index is 4.70. The Labute approximate surface area is 163 Å². The van der Waals surface area contributed by atoms with Crippen molar-refractivity contribution in [1.29, 1.82) is 0 Å². The van der Waals surface area contributed by atoms with Gasteiger partial charge in [-0.3, -0.25) is 4.98 Å². The molecule has 1 aliphatic heterocycles. The Balaban J connectivity index is 1.47. The van der Waals surface area contributed by atoms with Crippen LogP contribution in [0.15, 0.2) is 73.2 Å². The molecule has 4 rings (SSSR count). The molecule has 0 bridgehead atoms. The van der Waals surface area contributed by atoms with Crippen molar-refractivity contribution in [2.75, 3.05) is 13.1 Å². The zero-order chi connectivity index (χ0) is 18.8. The monoisotopic (exact) mass is 359 g/mol. The summed E-state index contributed by atoms with van der Waals surface area (Å²) in [5, 5.41) is 0. The fourth-order valence-electron chi connectivity index (χ4n) is 4.48. The van der Waals surface area contributed by atoms with Gasteiger partial charge < -0.3 is 9.80 Å². The highest BCUT2D eigenvalue weighted by atomic mass is 15.3. The maximum Gasteiger partial charge on any atom is 0.0702 e. The van der Waals surface area contributed by atoms with E-state index < -0.39 is 0 Å². The van der Waals surface area contributed by atoms with Gasteiger partial charge in [0, 0.05) is 30.9 Å². The van der Waals surface area contributed by atoms with Crippen LogP contribution < -0.4 is 0 Å². The van der Waals surface area contributed by atoms with Crippen LogP contribution in [0.1, 0.15) is 44.2 Å². The lowest BCUT2D eigenvalue weighted by atomic mass is 10.0. The Kier molecular flexibility index (Phi) is 5.02. The highest BCUT2D eigenvalue weighted by Crippen LogP contribution is 2.35. The third kappa shape index (κ3) is 3.51. The largest absolute Gasteiger partial charge is 0.366 e. The zero-order valence-electron chi connectivity index (χ0n) is 16.3. The van der Waals surface area contributed by atoms with Crippen molar-refractivity contribution in [3.8, 4) is 11.3 Å². The van der Waals surface area contributed by atoms with Gasteiger partial charge in [-0.1, -0.05) is 62.4 Å². The molecule has 140 valence electrons. The Morgan fingerprint density at radius 1 is 0.963 bits per heavy atom. The van der Waals surface area contributed by atoms with Gasteiger partial charge in [-0.05, 0) is 31.4 Å². The third-order valence-corrected chi connectivity index (χ3v) is 6.18. The predicted octanol–water partition coefficient (Wildman–Crippen LogP) is 5.40. The molecule has 1 saturated carbocycles. The molecule has 1 atom stereocenters. The van der Waals surface area contributed by atoms with E-state index in [2.05, 4.69) is 54.1 Å². The van der Waals surface area contributed by atoms with Crippen LogP contribution >= 0.6 is 0 Å². The van der Waals surface area contributed by atoms with E-state index in [1.165, 1.54) is 31.2 Å². The number of nitrogens with zero attached hydrogens (tertiary/aromatic N) is 3. The molecule has 3 nitrogen and oxygen atoms in total. The molecule has 2 aromatic rings. The van der Waals surface area contributed by atoms with E-state index in [1.807, 2.05) is 24.4 Å². The number of aromatic nitrogens is 1. The molecule has 2 heterocycles. The Morgan fingerprint density at radius 3 is 2.37 bits per heavy atom. The second-order valence-corrected chi connectivity index (χ2v) is 7.74. The maximum absolute atomic E-state index is 4.70. The van der Waals surface area contributed by atoms with E-state index in [1.54, 1.807) is 0 Å². The first kappa shape index (κ1) is 17.8. The minimum absolute atomic E-state index is 0.248. The van der Waals surface area contributed by atoms with Crippen molar-refractivity contribution in [2.24, 2.45) is 0 Å². The number of hydrogen-bond acceptors (Lipinski definition) is 3. The van der Waals surface area contributed by atoms with Gasteiger partial charge in [-0.25, -0.2) is 0 Å². The molecule has 1 aromatic carbocycles. The summed E-state index contributed by atoms with van der Waals surface area (Å²) in [5.41, 5.74) is 5.56. The minimum atomic E-state index is 0.248. The van der Waals surface area contributed by atoms with Gasteiger partial charge in [0.2, 0.25) is 0 Å². The third-order valence-electron chi connectivity index (χ3n) is 6.18. The molecule has 1 unspecified atom stereocenters. The molecular weight excluding hydrogens is 330 g/mol. The SMILES string of the molecule is C=C1C(=C)N(C(C)c2ccc(-c3ccccc3)nc2)CCN1C1CCCC1. The minimum Gasteiger partial charge on any atom is -0.366 e. The lowest BCUT2D eigenvalue weighted by molar-refractivity contribution is 0.152. The van der Waals surface area contributed by atoms with Gasteiger partial charge in [0.15, 0.2) is 0 Å². The highest BCUT2D eigenvalue weighted by molar-refractivity contribution is 5.58. The molecular formula is C24H29N3. The first-order valence-corrected chi connectivity index (χ1v) is 10.1. The number of benzene rings is 1. The van der Waals surface area contributed by atoms with Crippen LogP contribution in [-0.4, -0.2) is 33.9 Å². The quantitative estimate of drug-likeness (QED) is 0.729. The summed E-state index contributed by atoms with van der Waals surface area (Å²) in [7, 11) is 0. The average Bonchev–Trinajstić information content (AvgIpc) is 3.25. The van der Waals surface area contributed by atoms with E-state index in [0.717, 1.165) is 35.7 Å². The smallest absolute Gasteiger partial charge is 0.0702 e. The van der Waals surface area contributed by atoms with E-state index >= 15 is 0 Å². The fourth-order valence-corrected chi connectivity index (χ4v) is 4.48. The number of piperazine rings is 1. The Bertz CT molecular complexity index is 803. The Hall–Kier alpha value is -2.55. The van der Waals surface area contributed by atoms with E-state index in [4.69, 9.17) is 4.98 Å². The Morgan fingerprint density at radius 2 is 1.70 bits per heavy atom. The topological polar surface area (TPSA) is 19.4 Å². The summed E-state index contributed by atoms with van der Waals surface area (Å²) in [6.07, 6.45) is 7.30. The number of pyridine rings is 1. The molecule has 1 aromatic heterocycles.